The minimum absolute atomic E-state index is 0.197. The van der Waals surface area contributed by atoms with Crippen molar-refractivity contribution in [2.24, 2.45) is 0 Å². The van der Waals surface area contributed by atoms with Crippen LogP contribution in [0.4, 0.5) is 0 Å². The number of aromatic amines is 1. The van der Waals surface area contributed by atoms with E-state index in [1.54, 1.807) is 6.92 Å². The van der Waals surface area contributed by atoms with Gasteiger partial charge in [0.25, 0.3) is 0 Å². The van der Waals surface area contributed by atoms with E-state index in [9.17, 15) is 4.79 Å². The Kier molecular flexibility index (Phi) is 4.78. The summed E-state index contributed by atoms with van der Waals surface area (Å²) in [6.45, 7) is 8.67. The zero-order chi connectivity index (χ0) is 16.2. The second kappa shape index (κ2) is 6.58. The maximum absolute atomic E-state index is 11.8. The molecular formula is C16H19N3O2Si. The van der Waals surface area contributed by atoms with Crippen LogP contribution in [0.3, 0.4) is 0 Å². The maximum atomic E-state index is 11.8. The van der Waals surface area contributed by atoms with E-state index in [0.29, 0.717) is 12.3 Å². The number of aromatic nitrogens is 3. The number of carbonyl (C=O) groups is 1. The predicted octanol–water partition coefficient (Wildman–Crippen LogP) is 2.88. The van der Waals surface area contributed by atoms with Crippen LogP contribution in [0.2, 0.25) is 19.6 Å². The molecule has 1 aromatic carbocycles. The van der Waals surface area contributed by atoms with Crippen molar-refractivity contribution in [3.63, 3.8) is 0 Å². The second-order valence-electron chi connectivity index (χ2n) is 5.82. The van der Waals surface area contributed by atoms with Crippen LogP contribution in [-0.4, -0.2) is 36.1 Å². The number of carbonyl (C=O) groups excluding carboxylic acids is 1. The molecule has 0 saturated heterocycles. The molecule has 2 rings (SSSR count). The molecule has 0 amide bonds. The van der Waals surface area contributed by atoms with Gasteiger partial charge in [-0.05, 0) is 19.1 Å². The molecule has 0 aliphatic carbocycles. The minimum Gasteiger partial charge on any atom is -0.461 e. The lowest BCUT2D eigenvalue weighted by atomic mass is 10.1. The molecule has 0 spiro atoms. The maximum Gasteiger partial charge on any atom is 0.361 e. The number of nitrogens with zero attached hydrogens (tertiary/aromatic N) is 2. The Morgan fingerprint density at radius 2 is 1.91 bits per heavy atom. The summed E-state index contributed by atoms with van der Waals surface area (Å²) in [5.74, 6) is 2.71. The van der Waals surface area contributed by atoms with E-state index in [4.69, 9.17) is 4.74 Å². The second-order valence-corrected chi connectivity index (χ2v) is 10.6. The Morgan fingerprint density at radius 1 is 1.23 bits per heavy atom. The summed E-state index contributed by atoms with van der Waals surface area (Å²) >= 11 is 0. The molecule has 0 bridgehead atoms. The van der Waals surface area contributed by atoms with Gasteiger partial charge in [0.15, 0.2) is 5.69 Å². The largest absolute Gasteiger partial charge is 0.461 e. The highest BCUT2D eigenvalue weighted by atomic mass is 28.3. The van der Waals surface area contributed by atoms with Crippen molar-refractivity contribution >= 4 is 14.0 Å². The van der Waals surface area contributed by atoms with Gasteiger partial charge in [-0.25, -0.2) is 4.79 Å². The highest BCUT2D eigenvalue weighted by Gasteiger charge is 2.18. The Labute approximate surface area is 131 Å². The van der Waals surface area contributed by atoms with Crippen LogP contribution < -0.4 is 0 Å². The molecule has 22 heavy (non-hydrogen) atoms. The van der Waals surface area contributed by atoms with Gasteiger partial charge in [0.1, 0.15) is 13.8 Å². The normalized spacial score (nSPS) is 10.7. The number of hydrogen-bond acceptors (Lipinski definition) is 4. The van der Waals surface area contributed by atoms with Gasteiger partial charge >= 0.3 is 5.97 Å². The summed E-state index contributed by atoms with van der Waals surface area (Å²) < 4.78 is 4.97. The van der Waals surface area contributed by atoms with Gasteiger partial charge < -0.3 is 4.74 Å². The molecule has 114 valence electrons. The monoisotopic (exact) mass is 313 g/mol. The fourth-order valence-electron chi connectivity index (χ4n) is 1.75. The lowest BCUT2D eigenvalue weighted by Gasteiger charge is -2.04. The van der Waals surface area contributed by atoms with Gasteiger partial charge in [-0.1, -0.05) is 37.7 Å². The van der Waals surface area contributed by atoms with Gasteiger partial charge in [0.2, 0.25) is 0 Å². The highest BCUT2D eigenvalue weighted by Crippen LogP contribution is 2.20. The highest BCUT2D eigenvalue weighted by molar-refractivity contribution is 6.83. The van der Waals surface area contributed by atoms with Crippen molar-refractivity contribution < 1.29 is 9.53 Å². The summed E-state index contributed by atoms with van der Waals surface area (Å²) in [6.07, 6.45) is 0. The van der Waals surface area contributed by atoms with Crippen molar-refractivity contribution in [1.29, 1.82) is 0 Å². The third-order valence-corrected chi connectivity index (χ3v) is 3.63. The van der Waals surface area contributed by atoms with Crippen molar-refractivity contribution in [3.05, 3.63) is 35.5 Å². The Morgan fingerprint density at radius 3 is 2.50 bits per heavy atom. The first-order valence-corrected chi connectivity index (χ1v) is 10.6. The summed E-state index contributed by atoms with van der Waals surface area (Å²) in [4.78, 5) is 11.8. The van der Waals surface area contributed by atoms with Crippen LogP contribution in [0.15, 0.2) is 24.3 Å². The first-order valence-electron chi connectivity index (χ1n) is 7.12. The minimum atomic E-state index is -1.39. The molecule has 6 heteroatoms. The number of benzene rings is 1. The van der Waals surface area contributed by atoms with Crippen molar-refractivity contribution in [2.75, 3.05) is 6.61 Å². The van der Waals surface area contributed by atoms with E-state index in [1.807, 2.05) is 24.3 Å². The lowest BCUT2D eigenvalue weighted by molar-refractivity contribution is 0.0520. The SMILES string of the molecule is CCOC(=O)c1n[nH]nc1-c1ccc(C#C[Si](C)(C)C)cc1. The third-order valence-electron chi connectivity index (χ3n) is 2.76. The van der Waals surface area contributed by atoms with Crippen molar-refractivity contribution in [2.45, 2.75) is 26.6 Å². The van der Waals surface area contributed by atoms with Crippen LogP contribution in [0, 0.1) is 11.5 Å². The molecule has 1 aromatic heterocycles. The summed E-state index contributed by atoms with van der Waals surface area (Å²) in [6, 6.07) is 7.61. The smallest absolute Gasteiger partial charge is 0.361 e. The number of ether oxygens (including phenoxy) is 1. The van der Waals surface area contributed by atoms with Crippen LogP contribution in [0.1, 0.15) is 23.0 Å². The predicted molar refractivity (Wildman–Crippen MR) is 88.0 cm³/mol. The van der Waals surface area contributed by atoms with Crippen molar-refractivity contribution in [3.8, 4) is 22.7 Å². The summed E-state index contributed by atoms with van der Waals surface area (Å²) in [5, 5.41) is 10.4. The van der Waals surface area contributed by atoms with E-state index in [-0.39, 0.29) is 5.69 Å². The number of rotatable bonds is 3. The first kappa shape index (κ1) is 16.0. The van der Waals surface area contributed by atoms with Crippen molar-refractivity contribution in [1.82, 2.24) is 15.4 Å². The zero-order valence-electron chi connectivity index (χ0n) is 13.2. The quantitative estimate of drug-likeness (QED) is 0.537. The van der Waals surface area contributed by atoms with E-state index in [2.05, 4.69) is 46.5 Å². The number of esters is 1. The molecule has 1 heterocycles. The molecule has 1 N–H and O–H groups in total. The summed E-state index contributed by atoms with van der Waals surface area (Å²) in [7, 11) is -1.39. The van der Waals surface area contributed by atoms with Gasteiger partial charge in [-0.15, -0.1) is 10.6 Å². The average molecular weight is 313 g/mol. The Bertz CT molecular complexity index is 718. The molecule has 0 unspecified atom stereocenters. The average Bonchev–Trinajstić information content (AvgIpc) is 2.94. The molecule has 0 aliphatic rings. The Hall–Kier alpha value is -2.39. The number of H-pyrrole nitrogens is 1. The van der Waals surface area contributed by atoms with Crippen LogP contribution in [-0.2, 0) is 4.74 Å². The lowest BCUT2D eigenvalue weighted by Crippen LogP contribution is -2.16. The van der Waals surface area contributed by atoms with Crippen LogP contribution in [0.25, 0.3) is 11.3 Å². The number of nitrogens with one attached hydrogen (secondary N) is 1. The van der Waals surface area contributed by atoms with E-state index >= 15 is 0 Å². The van der Waals surface area contributed by atoms with Crippen LogP contribution in [0.5, 0.6) is 0 Å². The van der Waals surface area contributed by atoms with Gasteiger partial charge in [-0.2, -0.15) is 10.3 Å². The molecule has 2 aromatic rings. The standard InChI is InChI=1S/C16H19N3O2Si/c1-5-21-16(20)15-14(17-19-18-15)13-8-6-12(7-9-13)10-11-22(2,3)4/h6-9H,5H2,1-4H3,(H,17,18,19). The van der Waals surface area contributed by atoms with E-state index in [0.717, 1.165) is 11.1 Å². The number of hydrogen-bond donors (Lipinski definition) is 1. The third kappa shape index (κ3) is 4.05. The zero-order valence-corrected chi connectivity index (χ0v) is 14.2. The van der Waals surface area contributed by atoms with E-state index in [1.165, 1.54) is 0 Å². The first-order chi connectivity index (χ1) is 10.4. The van der Waals surface area contributed by atoms with Gasteiger partial charge in [0, 0.05) is 11.1 Å². The molecule has 0 saturated carbocycles. The van der Waals surface area contributed by atoms with E-state index < -0.39 is 14.0 Å². The molecule has 0 atom stereocenters. The fraction of sp³-hybridized carbons (Fsp3) is 0.312. The molecule has 0 aliphatic heterocycles. The van der Waals surface area contributed by atoms with Gasteiger partial charge in [0.05, 0.1) is 6.61 Å². The molecule has 5 nitrogen and oxygen atoms in total. The summed E-state index contributed by atoms with van der Waals surface area (Å²) in [5.41, 5.74) is 5.76. The topological polar surface area (TPSA) is 67.9 Å². The molecular weight excluding hydrogens is 294 g/mol. The Balaban J connectivity index is 2.26. The van der Waals surface area contributed by atoms with Crippen LogP contribution >= 0.6 is 0 Å². The molecule has 0 fully saturated rings. The fourth-order valence-corrected chi connectivity index (χ4v) is 2.26. The van der Waals surface area contributed by atoms with Gasteiger partial charge in [-0.3, -0.25) is 0 Å². The molecule has 0 radical (unpaired) electrons.